The largest absolute Gasteiger partial charge is 0.356 e. The normalized spacial score (nSPS) is 20.0. The molecule has 1 amide bonds. The monoisotopic (exact) mass is 468 g/mol. The van der Waals surface area contributed by atoms with Crippen molar-refractivity contribution in [3.63, 3.8) is 0 Å². The number of rotatable bonds is 4. The van der Waals surface area contributed by atoms with Gasteiger partial charge in [0.15, 0.2) is 0 Å². The van der Waals surface area contributed by atoms with E-state index in [4.69, 9.17) is 0 Å². The van der Waals surface area contributed by atoms with Crippen LogP contribution in [0.2, 0.25) is 0 Å². The third-order valence-corrected chi connectivity index (χ3v) is 7.96. The van der Waals surface area contributed by atoms with Gasteiger partial charge in [0.2, 0.25) is 10.0 Å². The van der Waals surface area contributed by atoms with E-state index in [2.05, 4.69) is 14.6 Å². The summed E-state index contributed by atoms with van der Waals surface area (Å²) in [6, 6.07) is 9.35. The Balaban J connectivity index is 1.53. The molecule has 1 spiro atoms. The lowest BCUT2D eigenvalue weighted by Gasteiger charge is -2.34. The fraction of sp³-hybridized carbons (Fsp3) is 0.520. The summed E-state index contributed by atoms with van der Waals surface area (Å²) in [4.78, 5) is 22.7. The summed E-state index contributed by atoms with van der Waals surface area (Å²) in [6.07, 6.45) is 11.9. The Bertz CT molecular complexity index is 1150. The molecule has 0 unspecified atom stereocenters. The van der Waals surface area contributed by atoms with Gasteiger partial charge in [0.1, 0.15) is 5.82 Å². The fourth-order valence-electron chi connectivity index (χ4n) is 5.85. The quantitative estimate of drug-likeness (QED) is 0.723. The third kappa shape index (κ3) is 4.33. The Morgan fingerprint density at radius 2 is 1.76 bits per heavy atom. The van der Waals surface area contributed by atoms with Crippen LogP contribution in [0.3, 0.4) is 0 Å². The number of nitrogens with one attached hydrogen (secondary N) is 1. The van der Waals surface area contributed by atoms with Crippen molar-refractivity contribution in [2.45, 2.75) is 56.8 Å². The number of sulfonamides is 1. The van der Waals surface area contributed by atoms with E-state index in [1.807, 2.05) is 29.2 Å². The SMILES string of the molecule is CS(=O)(=O)Nc1ccc2c(c1)C1(CCCCC1)CN2C(=O)c1cccnc1N1CCCCC1. The number of benzene rings is 1. The molecule has 1 saturated carbocycles. The Labute approximate surface area is 196 Å². The second-order valence-corrected chi connectivity index (χ2v) is 11.5. The van der Waals surface area contributed by atoms with Gasteiger partial charge in [-0.1, -0.05) is 19.3 Å². The number of carbonyl (C=O) groups excluding carboxylic acids is 1. The van der Waals surface area contributed by atoms with Crippen molar-refractivity contribution in [3.8, 4) is 0 Å². The van der Waals surface area contributed by atoms with E-state index in [1.54, 1.807) is 12.3 Å². The zero-order chi connectivity index (χ0) is 23.1. The molecule has 7 nitrogen and oxygen atoms in total. The van der Waals surface area contributed by atoms with Crippen LogP contribution in [0.15, 0.2) is 36.5 Å². The average Bonchev–Trinajstić information content (AvgIpc) is 3.11. The number of anilines is 3. The molecule has 1 aromatic carbocycles. The molecule has 1 aliphatic carbocycles. The minimum absolute atomic E-state index is 0.0174. The lowest BCUT2D eigenvalue weighted by atomic mass is 9.70. The highest BCUT2D eigenvalue weighted by atomic mass is 32.2. The van der Waals surface area contributed by atoms with E-state index in [0.717, 1.165) is 74.9 Å². The molecular weight excluding hydrogens is 436 g/mol. The van der Waals surface area contributed by atoms with Crippen molar-refractivity contribution < 1.29 is 13.2 Å². The molecule has 0 atom stereocenters. The predicted molar refractivity (Wildman–Crippen MR) is 132 cm³/mol. The summed E-state index contributed by atoms with van der Waals surface area (Å²) in [5.41, 5.74) is 3.08. The van der Waals surface area contributed by atoms with Gasteiger partial charge in [0, 0.05) is 42.6 Å². The number of fused-ring (bicyclic) bond motifs is 2. The van der Waals surface area contributed by atoms with Crippen LogP contribution in [0.5, 0.6) is 0 Å². The van der Waals surface area contributed by atoms with Gasteiger partial charge in [-0.25, -0.2) is 13.4 Å². The van der Waals surface area contributed by atoms with Gasteiger partial charge in [0.25, 0.3) is 5.91 Å². The molecule has 1 N–H and O–H groups in total. The highest BCUT2D eigenvalue weighted by molar-refractivity contribution is 7.92. The molecule has 2 aromatic rings. The summed E-state index contributed by atoms with van der Waals surface area (Å²) in [5.74, 6) is 0.764. The number of pyridine rings is 1. The average molecular weight is 469 g/mol. The smallest absolute Gasteiger partial charge is 0.262 e. The lowest BCUT2D eigenvalue weighted by Crippen LogP contribution is -2.39. The maximum atomic E-state index is 14.0. The molecule has 8 heteroatoms. The van der Waals surface area contributed by atoms with E-state index < -0.39 is 10.0 Å². The predicted octanol–water partition coefficient (Wildman–Crippen LogP) is 4.31. The van der Waals surface area contributed by atoms with Crippen LogP contribution in [0, 0.1) is 0 Å². The lowest BCUT2D eigenvalue weighted by molar-refractivity contribution is 0.0982. The van der Waals surface area contributed by atoms with Crippen LogP contribution >= 0.6 is 0 Å². The van der Waals surface area contributed by atoms with Crippen LogP contribution in [-0.2, 0) is 15.4 Å². The molecule has 2 fully saturated rings. The standard InChI is InChI=1S/C25H32N4O3S/c1-33(31,32)27-19-10-11-22-21(17-19)25(12-4-2-5-13-25)18-29(22)24(30)20-9-8-14-26-23(20)28-15-6-3-7-16-28/h8-11,14,17,27H,2-7,12-13,15-16,18H2,1H3. The summed E-state index contributed by atoms with van der Waals surface area (Å²) in [5, 5.41) is 0. The first-order chi connectivity index (χ1) is 15.9. The first-order valence-electron chi connectivity index (χ1n) is 12.0. The number of hydrogen-bond acceptors (Lipinski definition) is 5. The molecule has 0 radical (unpaired) electrons. The maximum absolute atomic E-state index is 14.0. The second-order valence-electron chi connectivity index (χ2n) is 9.76. The van der Waals surface area contributed by atoms with Crippen LogP contribution in [0.1, 0.15) is 67.3 Å². The molecule has 1 saturated heterocycles. The Hall–Kier alpha value is -2.61. The van der Waals surface area contributed by atoms with E-state index in [-0.39, 0.29) is 11.3 Å². The minimum Gasteiger partial charge on any atom is -0.356 e. The molecule has 2 aliphatic heterocycles. The van der Waals surface area contributed by atoms with Crippen molar-refractivity contribution in [3.05, 3.63) is 47.7 Å². The maximum Gasteiger partial charge on any atom is 0.262 e. The molecule has 3 heterocycles. The number of carbonyl (C=O) groups is 1. The summed E-state index contributed by atoms with van der Waals surface area (Å²) in [6.45, 7) is 2.49. The topological polar surface area (TPSA) is 82.6 Å². The summed E-state index contributed by atoms with van der Waals surface area (Å²) in [7, 11) is -3.37. The van der Waals surface area contributed by atoms with E-state index in [0.29, 0.717) is 17.8 Å². The van der Waals surface area contributed by atoms with Crippen LogP contribution in [0.25, 0.3) is 0 Å². The summed E-state index contributed by atoms with van der Waals surface area (Å²) >= 11 is 0. The van der Waals surface area contributed by atoms with Crippen molar-refractivity contribution in [1.29, 1.82) is 0 Å². The molecule has 33 heavy (non-hydrogen) atoms. The van der Waals surface area contributed by atoms with E-state index >= 15 is 0 Å². The molecule has 3 aliphatic rings. The zero-order valence-electron chi connectivity index (χ0n) is 19.2. The van der Waals surface area contributed by atoms with Crippen LogP contribution in [0.4, 0.5) is 17.2 Å². The van der Waals surface area contributed by atoms with Crippen molar-refractivity contribution >= 4 is 33.1 Å². The van der Waals surface area contributed by atoms with Gasteiger partial charge in [-0.3, -0.25) is 9.52 Å². The number of amides is 1. The minimum atomic E-state index is -3.37. The Kier molecular flexibility index (Phi) is 5.80. The highest BCUT2D eigenvalue weighted by Gasteiger charge is 2.46. The van der Waals surface area contributed by atoms with E-state index in [1.165, 1.54) is 12.8 Å². The van der Waals surface area contributed by atoms with E-state index in [9.17, 15) is 13.2 Å². The zero-order valence-corrected chi connectivity index (χ0v) is 20.0. The van der Waals surface area contributed by atoms with Crippen LogP contribution in [-0.4, -0.2) is 45.2 Å². The molecular formula is C25H32N4O3S. The fourth-order valence-corrected chi connectivity index (χ4v) is 6.41. The van der Waals surface area contributed by atoms with Gasteiger partial charge < -0.3 is 9.80 Å². The van der Waals surface area contributed by atoms with Gasteiger partial charge in [-0.15, -0.1) is 0 Å². The highest BCUT2D eigenvalue weighted by Crippen LogP contribution is 2.50. The third-order valence-electron chi connectivity index (χ3n) is 7.35. The van der Waals surface area contributed by atoms with Crippen LogP contribution < -0.4 is 14.5 Å². The second kappa shape index (κ2) is 8.63. The molecule has 5 rings (SSSR count). The molecule has 0 bridgehead atoms. The molecule has 176 valence electrons. The van der Waals surface area contributed by atoms with Gasteiger partial charge in [-0.05, 0) is 68.0 Å². The van der Waals surface area contributed by atoms with Crippen molar-refractivity contribution in [2.24, 2.45) is 0 Å². The Morgan fingerprint density at radius 1 is 1.03 bits per heavy atom. The summed E-state index contributed by atoms with van der Waals surface area (Å²) < 4.78 is 26.3. The number of piperidine rings is 1. The number of aromatic nitrogens is 1. The van der Waals surface area contributed by atoms with Gasteiger partial charge >= 0.3 is 0 Å². The Morgan fingerprint density at radius 3 is 2.48 bits per heavy atom. The van der Waals surface area contributed by atoms with Gasteiger partial charge in [-0.2, -0.15) is 0 Å². The first-order valence-corrected chi connectivity index (χ1v) is 13.9. The van der Waals surface area contributed by atoms with Crippen molar-refractivity contribution in [2.75, 3.05) is 40.4 Å². The first kappa shape index (κ1) is 22.2. The van der Waals surface area contributed by atoms with Crippen molar-refractivity contribution in [1.82, 2.24) is 4.98 Å². The van der Waals surface area contributed by atoms with Gasteiger partial charge in [0.05, 0.1) is 11.8 Å². The molecule has 1 aromatic heterocycles. The number of nitrogens with zero attached hydrogens (tertiary/aromatic N) is 3. The number of hydrogen-bond donors (Lipinski definition) is 1.